The largest absolute Gasteiger partial charge is 0.394 e. The number of ether oxygens (including phenoxy) is 1. The first-order valence-corrected chi connectivity index (χ1v) is 10.1. The summed E-state index contributed by atoms with van der Waals surface area (Å²) in [6.07, 6.45) is 1.54. The number of aliphatic hydroxyl groups is 1. The van der Waals surface area contributed by atoms with Crippen LogP contribution in [0.5, 0.6) is 0 Å². The van der Waals surface area contributed by atoms with Crippen LogP contribution in [0, 0.1) is 0 Å². The summed E-state index contributed by atoms with van der Waals surface area (Å²) < 4.78 is 5.36. The van der Waals surface area contributed by atoms with Crippen LogP contribution in [-0.4, -0.2) is 60.9 Å². The van der Waals surface area contributed by atoms with Gasteiger partial charge in [-0.15, -0.1) is 0 Å². The summed E-state index contributed by atoms with van der Waals surface area (Å²) in [5.74, 6) is -0.941. The van der Waals surface area contributed by atoms with Crippen molar-refractivity contribution in [2.75, 3.05) is 43.1 Å². The van der Waals surface area contributed by atoms with E-state index in [2.05, 4.69) is 20.5 Å². The standard InChI is InChI=1S/C23H24N4O4/c28-15-21(26-22(29)19-9-10-24-20-4-2-1-3-18(19)20)23(30)25-16-5-7-17(8-6-16)27-11-13-31-14-12-27/h1-10,21,28H,11-15H2,(H,25,30)(H,26,29). The number of hydrogen-bond acceptors (Lipinski definition) is 6. The van der Waals surface area contributed by atoms with E-state index in [4.69, 9.17) is 4.74 Å². The lowest BCUT2D eigenvalue weighted by Crippen LogP contribution is -2.46. The van der Waals surface area contributed by atoms with Crippen molar-refractivity contribution in [1.29, 1.82) is 0 Å². The number of fused-ring (bicyclic) bond motifs is 1. The van der Waals surface area contributed by atoms with E-state index in [0.717, 1.165) is 18.8 Å². The van der Waals surface area contributed by atoms with Crippen LogP contribution in [0.2, 0.25) is 0 Å². The Kier molecular flexibility index (Phi) is 6.40. The molecule has 31 heavy (non-hydrogen) atoms. The Morgan fingerprint density at radius 1 is 1.06 bits per heavy atom. The van der Waals surface area contributed by atoms with E-state index in [1.54, 1.807) is 30.5 Å². The molecule has 1 saturated heterocycles. The summed E-state index contributed by atoms with van der Waals surface area (Å²) >= 11 is 0. The van der Waals surface area contributed by atoms with E-state index in [9.17, 15) is 14.7 Å². The molecule has 8 heteroatoms. The van der Waals surface area contributed by atoms with Gasteiger partial charge in [0.05, 0.1) is 30.9 Å². The van der Waals surface area contributed by atoms with Gasteiger partial charge in [0.2, 0.25) is 5.91 Å². The van der Waals surface area contributed by atoms with Crippen molar-refractivity contribution in [1.82, 2.24) is 10.3 Å². The minimum absolute atomic E-state index is 0.395. The van der Waals surface area contributed by atoms with E-state index in [-0.39, 0.29) is 0 Å². The number of rotatable bonds is 6. The van der Waals surface area contributed by atoms with Crippen molar-refractivity contribution in [2.24, 2.45) is 0 Å². The number of nitrogens with zero attached hydrogens (tertiary/aromatic N) is 2. The fraction of sp³-hybridized carbons (Fsp3) is 0.261. The number of anilines is 2. The van der Waals surface area contributed by atoms with Crippen molar-refractivity contribution in [3.8, 4) is 0 Å². The number of aromatic nitrogens is 1. The lowest BCUT2D eigenvalue weighted by molar-refractivity contribution is -0.118. The molecule has 3 aromatic rings. The molecule has 1 fully saturated rings. The van der Waals surface area contributed by atoms with Gasteiger partial charge in [0.1, 0.15) is 6.04 Å². The van der Waals surface area contributed by atoms with Crippen LogP contribution < -0.4 is 15.5 Å². The van der Waals surface area contributed by atoms with Gasteiger partial charge < -0.3 is 25.4 Å². The Morgan fingerprint density at radius 2 is 1.81 bits per heavy atom. The SMILES string of the molecule is O=C(NC(CO)C(=O)Nc1ccc(N2CCOCC2)cc1)c1ccnc2ccccc12. The molecule has 1 atom stereocenters. The number of carbonyl (C=O) groups is 2. The Labute approximate surface area is 179 Å². The molecular weight excluding hydrogens is 396 g/mol. The molecule has 1 unspecified atom stereocenters. The molecule has 0 bridgehead atoms. The molecule has 0 radical (unpaired) electrons. The number of carbonyl (C=O) groups excluding carboxylic acids is 2. The zero-order chi connectivity index (χ0) is 21.6. The Hall–Kier alpha value is -3.49. The van der Waals surface area contributed by atoms with Gasteiger partial charge in [-0.2, -0.15) is 0 Å². The van der Waals surface area contributed by atoms with Crippen molar-refractivity contribution in [3.63, 3.8) is 0 Å². The Morgan fingerprint density at radius 3 is 2.55 bits per heavy atom. The third-order valence-corrected chi connectivity index (χ3v) is 5.21. The number of nitrogens with one attached hydrogen (secondary N) is 2. The molecule has 8 nitrogen and oxygen atoms in total. The quantitative estimate of drug-likeness (QED) is 0.562. The number of morpholine rings is 1. The summed E-state index contributed by atoms with van der Waals surface area (Å²) in [7, 11) is 0. The number of hydrogen-bond donors (Lipinski definition) is 3. The van der Waals surface area contributed by atoms with Gasteiger partial charge in [-0.05, 0) is 36.4 Å². The molecule has 2 amide bonds. The van der Waals surface area contributed by atoms with Crippen LogP contribution in [0.1, 0.15) is 10.4 Å². The summed E-state index contributed by atoms with van der Waals surface area (Å²) in [6, 6.07) is 15.2. The first kappa shape index (κ1) is 20.8. The zero-order valence-electron chi connectivity index (χ0n) is 17.0. The molecule has 1 aliphatic rings. The minimum atomic E-state index is -1.08. The highest BCUT2D eigenvalue weighted by atomic mass is 16.5. The normalized spacial score (nSPS) is 14.8. The number of benzene rings is 2. The molecule has 2 aromatic carbocycles. The second-order valence-corrected chi connectivity index (χ2v) is 7.22. The number of pyridine rings is 1. The van der Waals surface area contributed by atoms with Crippen LogP contribution in [0.3, 0.4) is 0 Å². The van der Waals surface area contributed by atoms with Crippen LogP contribution in [0.4, 0.5) is 11.4 Å². The fourth-order valence-electron chi connectivity index (χ4n) is 3.53. The van der Waals surface area contributed by atoms with Gasteiger partial charge in [0.15, 0.2) is 0 Å². The van der Waals surface area contributed by atoms with Crippen molar-refractivity contribution >= 4 is 34.1 Å². The first-order chi connectivity index (χ1) is 15.2. The van der Waals surface area contributed by atoms with Gasteiger partial charge in [-0.3, -0.25) is 14.6 Å². The predicted octanol–water partition coefficient (Wildman–Crippen LogP) is 1.80. The molecule has 160 valence electrons. The average molecular weight is 420 g/mol. The van der Waals surface area contributed by atoms with E-state index in [1.807, 2.05) is 30.3 Å². The Bertz CT molecular complexity index is 1060. The topological polar surface area (TPSA) is 104 Å². The van der Waals surface area contributed by atoms with Crippen LogP contribution in [0.15, 0.2) is 60.8 Å². The highest BCUT2D eigenvalue weighted by Crippen LogP contribution is 2.19. The molecular formula is C23H24N4O4. The third kappa shape index (κ3) is 4.82. The van der Waals surface area contributed by atoms with Crippen LogP contribution in [0.25, 0.3) is 10.9 Å². The number of para-hydroxylation sites is 1. The lowest BCUT2D eigenvalue weighted by atomic mass is 10.1. The van der Waals surface area contributed by atoms with Crippen molar-refractivity contribution in [3.05, 3.63) is 66.4 Å². The summed E-state index contributed by atoms with van der Waals surface area (Å²) in [5.41, 5.74) is 2.72. The van der Waals surface area contributed by atoms with Crippen molar-refractivity contribution in [2.45, 2.75) is 6.04 Å². The van der Waals surface area contributed by atoms with E-state index in [1.165, 1.54) is 0 Å². The molecule has 4 rings (SSSR count). The van der Waals surface area contributed by atoms with Gasteiger partial charge in [-0.25, -0.2) is 0 Å². The van der Waals surface area contributed by atoms with Crippen molar-refractivity contribution < 1.29 is 19.4 Å². The summed E-state index contributed by atoms with van der Waals surface area (Å²) in [4.78, 5) is 31.8. The molecule has 0 saturated carbocycles. The first-order valence-electron chi connectivity index (χ1n) is 10.1. The maximum atomic E-state index is 12.8. The maximum Gasteiger partial charge on any atom is 0.252 e. The predicted molar refractivity (Wildman–Crippen MR) is 118 cm³/mol. The monoisotopic (exact) mass is 420 g/mol. The summed E-state index contributed by atoms with van der Waals surface area (Å²) in [5, 5.41) is 15.7. The van der Waals surface area contributed by atoms with Gasteiger partial charge in [-0.1, -0.05) is 18.2 Å². The zero-order valence-corrected chi connectivity index (χ0v) is 17.0. The van der Waals surface area contributed by atoms with E-state index >= 15 is 0 Å². The highest BCUT2D eigenvalue weighted by molar-refractivity contribution is 6.08. The number of aliphatic hydroxyl groups excluding tert-OH is 1. The van der Waals surface area contributed by atoms with E-state index in [0.29, 0.717) is 35.4 Å². The summed E-state index contributed by atoms with van der Waals surface area (Å²) in [6.45, 7) is 2.53. The number of amides is 2. The average Bonchev–Trinajstić information content (AvgIpc) is 2.83. The molecule has 0 aliphatic carbocycles. The van der Waals surface area contributed by atoms with Crippen LogP contribution >= 0.6 is 0 Å². The van der Waals surface area contributed by atoms with Gasteiger partial charge in [0, 0.05) is 36.0 Å². The second kappa shape index (κ2) is 9.55. The Balaban J connectivity index is 1.41. The van der Waals surface area contributed by atoms with Gasteiger partial charge >= 0.3 is 0 Å². The highest BCUT2D eigenvalue weighted by Gasteiger charge is 2.22. The molecule has 1 aromatic heterocycles. The minimum Gasteiger partial charge on any atom is -0.394 e. The molecule has 3 N–H and O–H groups in total. The maximum absolute atomic E-state index is 12.8. The smallest absolute Gasteiger partial charge is 0.252 e. The third-order valence-electron chi connectivity index (χ3n) is 5.21. The van der Waals surface area contributed by atoms with E-state index < -0.39 is 24.5 Å². The fourth-order valence-corrected chi connectivity index (χ4v) is 3.53. The lowest BCUT2D eigenvalue weighted by Gasteiger charge is -2.29. The van der Waals surface area contributed by atoms with Gasteiger partial charge in [0.25, 0.3) is 5.91 Å². The second-order valence-electron chi connectivity index (χ2n) is 7.22. The molecule has 1 aliphatic heterocycles. The molecule has 0 spiro atoms. The van der Waals surface area contributed by atoms with Crippen LogP contribution in [-0.2, 0) is 9.53 Å². The molecule has 2 heterocycles.